The summed E-state index contributed by atoms with van der Waals surface area (Å²) in [5.41, 5.74) is 0.564. The number of rotatable bonds is 4. The minimum absolute atomic E-state index is 0.271. The minimum Gasteiger partial charge on any atom is -0.467 e. The SMILES string of the molecule is O=C(NCc1ccco1)c1ccccc1-c1cc2ccccc2c(=O)o1. The largest absolute Gasteiger partial charge is 0.467 e. The van der Waals surface area contributed by atoms with E-state index in [1.807, 2.05) is 12.1 Å². The first-order valence-electron chi connectivity index (χ1n) is 8.15. The molecule has 0 aliphatic carbocycles. The van der Waals surface area contributed by atoms with Crippen LogP contribution < -0.4 is 10.9 Å². The Morgan fingerprint density at radius 2 is 1.77 bits per heavy atom. The van der Waals surface area contributed by atoms with E-state index < -0.39 is 5.63 Å². The van der Waals surface area contributed by atoms with Crippen LogP contribution in [0, 0.1) is 0 Å². The molecule has 1 amide bonds. The van der Waals surface area contributed by atoms with Crippen LogP contribution in [0.15, 0.2) is 86.6 Å². The molecule has 0 aliphatic heterocycles. The second kappa shape index (κ2) is 6.72. The lowest BCUT2D eigenvalue weighted by Crippen LogP contribution is -2.23. The van der Waals surface area contributed by atoms with E-state index in [4.69, 9.17) is 8.83 Å². The minimum atomic E-state index is -0.427. The summed E-state index contributed by atoms with van der Waals surface area (Å²) < 4.78 is 10.7. The van der Waals surface area contributed by atoms with Gasteiger partial charge in [0.15, 0.2) is 0 Å². The number of hydrogen-bond donors (Lipinski definition) is 1. The molecule has 128 valence electrons. The molecule has 2 heterocycles. The van der Waals surface area contributed by atoms with Gasteiger partial charge in [-0.1, -0.05) is 36.4 Å². The first kappa shape index (κ1) is 15.9. The first-order valence-corrected chi connectivity index (χ1v) is 8.15. The Kier molecular flexibility index (Phi) is 4.11. The van der Waals surface area contributed by atoms with Crippen molar-refractivity contribution in [3.05, 3.63) is 94.7 Å². The molecule has 0 fully saturated rings. The summed E-state index contributed by atoms with van der Waals surface area (Å²) in [4.78, 5) is 24.9. The molecular weight excluding hydrogens is 330 g/mol. The van der Waals surface area contributed by atoms with Crippen LogP contribution in [0.4, 0.5) is 0 Å². The molecule has 0 aliphatic rings. The number of amides is 1. The summed E-state index contributed by atoms with van der Waals surface area (Å²) in [7, 11) is 0. The number of carbonyl (C=O) groups excluding carboxylic acids is 1. The second-order valence-electron chi connectivity index (χ2n) is 5.79. The molecule has 0 spiro atoms. The van der Waals surface area contributed by atoms with Crippen LogP contribution in [-0.2, 0) is 6.54 Å². The Bertz CT molecular complexity index is 1130. The van der Waals surface area contributed by atoms with E-state index in [0.717, 1.165) is 5.39 Å². The van der Waals surface area contributed by atoms with Crippen molar-refractivity contribution in [1.29, 1.82) is 0 Å². The summed E-state index contributed by atoms with van der Waals surface area (Å²) >= 11 is 0. The van der Waals surface area contributed by atoms with E-state index in [2.05, 4.69) is 5.32 Å². The smallest absolute Gasteiger partial charge is 0.344 e. The fraction of sp³-hybridized carbons (Fsp3) is 0.0476. The van der Waals surface area contributed by atoms with E-state index >= 15 is 0 Å². The van der Waals surface area contributed by atoms with Crippen LogP contribution in [0.25, 0.3) is 22.1 Å². The Hall–Kier alpha value is -3.60. The summed E-state index contributed by atoms with van der Waals surface area (Å²) in [6.07, 6.45) is 1.55. The second-order valence-corrected chi connectivity index (χ2v) is 5.79. The van der Waals surface area contributed by atoms with Gasteiger partial charge in [-0.3, -0.25) is 4.79 Å². The molecule has 2 aromatic carbocycles. The molecule has 0 saturated heterocycles. The molecule has 5 heteroatoms. The third kappa shape index (κ3) is 3.02. The topological polar surface area (TPSA) is 72.5 Å². The van der Waals surface area contributed by atoms with Gasteiger partial charge in [-0.05, 0) is 35.7 Å². The number of hydrogen-bond acceptors (Lipinski definition) is 4. The van der Waals surface area contributed by atoms with Gasteiger partial charge in [-0.25, -0.2) is 4.79 Å². The molecule has 2 aromatic heterocycles. The highest BCUT2D eigenvalue weighted by Gasteiger charge is 2.15. The van der Waals surface area contributed by atoms with Gasteiger partial charge in [-0.15, -0.1) is 0 Å². The van der Waals surface area contributed by atoms with Crippen molar-refractivity contribution in [3.63, 3.8) is 0 Å². The highest BCUT2D eigenvalue weighted by Crippen LogP contribution is 2.25. The number of nitrogens with one attached hydrogen (secondary N) is 1. The Labute approximate surface area is 148 Å². The molecule has 0 radical (unpaired) electrons. The van der Waals surface area contributed by atoms with E-state index in [1.54, 1.807) is 60.9 Å². The van der Waals surface area contributed by atoms with Gasteiger partial charge in [-0.2, -0.15) is 0 Å². The zero-order valence-electron chi connectivity index (χ0n) is 13.8. The number of furan rings is 1. The van der Waals surface area contributed by atoms with Crippen LogP contribution in [0.1, 0.15) is 16.1 Å². The third-order valence-electron chi connectivity index (χ3n) is 4.11. The van der Waals surface area contributed by atoms with Crippen LogP contribution in [0.5, 0.6) is 0 Å². The van der Waals surface area contributed by atoms with Crippen molar-refractivity contribution in [2.24, 2.45) is 0 Å². The first-order chi connectivity index (χ1) is 12.7. The number of carbonyl (C=O) groups is 1. The van der Waals surface area contributed by atoms with Crippen LogP contribution in [0.3, 0.4) is 0 Å². The molecule has 5 nitrogen and oxygen atoms in total. The van der Waals surface area contributed by atoms with Crippen LogP contribution in [-0.4, -0.2) is 5.91 Å². The van der Waals surface area contributed by atoms with Gasteiger partial charge >= 0.3 is 5.63 Å². The lowest BCUT2D eigenvalue weighted by atomic mass is 10.0. The van der Waals surface area contributed by atoms with Gasteiger partial charge in [0, 0.05) is 5.56 Å². The van der Waals surface area contributed by atoms with Gasteiger partial charge < -0.3 is 14.2 Å². The van der Waals surface area contributed by atoms with Gasteiger partial charge in [0.05, 0.1) is 23.8 Å². The fourth-order valence-corrected chi connectivity index (χ4v) is 2.84. The molecule has 0 unspecified atom stereocenters. The van der Waals surface area contributed by atoms with Crippen LogP contribution >= 0.6 is 0 Å². The van der Waals surface area contributed by atoms with Crippen molar-refractivity contribution in [1.82, 2.24) is 5.32 Å². The molecule has 0 atom stereocenters. The Balaban J connectivity index is 1.71. The molecule has 4 aromatic rings. The van der Waals surface area contributed by atoms with E-state index in [0.29, 0.717) is 28.0 Å². The number of benzene rings is 2. The highest BCUT2D eigenvalue weighted by molar-refractivity contribution is 6.00. The molecular formula is C21H15NO4. The maximum Gasteiger partial charge on any atom is 0.344 e. The summed E-state index contributed by atoms with van der Waals surface area (Å²) in [5, 5.41) is 4.09. The highest BCUT2D eigenvalue weighted by atomic mass is 16.4. The molecule has 4 rings (SSSR count). The average molecular weight is 345 g/mol. The van der Waals surface area contributed by atoms with E-state index in [-0.39, 0.29) is 12.5 Å². The van der Waals surface area contributed by atoms with Gasteiger partial charge in [0.25, 0.3) is 5.91 Å². The molecule has 0 saturated carbocycles. The predicted molar refractivity (Wildman–Crippen MR) is 97.8 cm³/mol. The third-order valence-corrected chi connectivity index (χ3v) is 4.11. The number of fused-ring (bicyclic) bond motifs is 1. The lowest BCUT2D eigenvalue weighted by molar-refractivity contribution is 0.0948. The summed E-state index contributed by atoms with van der Waals surface area (Å²) in [6.45, 7) is 0.280. The van der Waals surface area contributed by atoms with Gasteiger partial charge in [0.2, 0.25) is 0 Å². The standard InChI is InChI=1S/C21H15NO4/c23-20(22-13-15-7-5-11-25-15)18-10-4-3-9-17(18)19-12-14-6-1-2-8-16(14)21(24)26-19/h1-12H,13H2,(H,22,23). The molecule has 0 bridgehead atoms. The van der Waals surface area contributed by atoms with Crippen molar-refractivity contribution in [3.8, 4) is 11.3 Å². The van der Waals surface area contributed by atoms with E-state index in [9.17, 15) is 9.59 Å². The maximum atomic E-state index is 12.6. The maximum absolute atomic E-state index is 12.6. The molecule has 26 heavy (non-hydrogen) atoms. The Morgan fingerprint density at radius 3 is 2.62 bits per heavy atom. The summed E-state index contributed by atoms with van der Waals surface area (Å²) in [6, 6.07) is 19.5. The normalized spacial score (nSPS) is 10.8. The van der Waals surface area contributed by atoms with Crippen molar-refractivity contribution < 1.29 is 13.6 Å². The van der Waals surface area contributed by atoms with Crippen LogP contribution in [0.2, 0.25) is 0 Å². The van der Waals surface area contributed by atoms with Crippen molar-refractivity contribution in [2.75, 3.05) is 0 Å². The lowest BCUT2D eigenvalue weighted by Gasteiger charge is -2.09. The van der Waals surface area contributed by atoms with E-state index in [1.165, 1.54) is 0 Å². The summed E-state index contributed by atoms with van der Waals surface area (Å²) in [5.74, 6) is 0.748. The molecule has 1 N–H and O–H groups in total. The monoisotopic (exact) mass is 345 g/mol. The Morgan fingerprint density at radius 1 is 0.962 bits per heavy atom. The zero-order chi connectivity index (χ0) is 17.9. The average Bonchev–Trinajstić information content (AvgIpc) is 3.20. The van der Waals surface area contributed by atoms with Crippen molar-refractivity contribution in [2.45, 2.75) is 6.54 Å². The fourth-order valence-electron chi connectivity index (χ4n) is 2.84. The predicted octanol–water partition coefficient (Wildman–Crippen LogP) is 3.98. The quantitative estimate of drug-likeness (QED) is 0.607. The van der Waals surface area contributed by atoms with Gasteiger partial charge in [0.1, 0.15) is 11.5 Å². The zero-order valence-corrected chi connectivity index (χ0v) is 13.8. The van der Waals surface area contributed by atoms with Crippen molar-refractivity contribution >= 4 is 16.7 Å².